The first kappa shape index (κ1) is 16.2. The number of nitrogens with one attached hydrogen (secondary N) is 2. The number of aromatic carboxylic acids is 1. The molecule has 8 nitrogen and oxygen atoms in total. The number of amides is 2. The molecule has 2 aromatic heterocycles. The van der Waals surface area contributed by atoms with Crippen LogP contribution < -0.4 is 15.5 Å². The van der Waals surface area contributed by atoms with Crippen molar-refractivity contribution >= 4 is 29.3 Å². The van der Waals surface area contributed by atoms with Gasteiger partial charge < -0.3 is 10.4 Å². The summed E-state index contributed by atoms with van der Waals surface area (Å²) in [5, 5.41) is 15.1. The Balaban J connectivity index is 1.66. The number of carbonyl (C=O) groups is 2. The number of hydrogen-bond acceptors (Lipinski definition) is 5. The van der Waals surface area contributed by atoms with Crippen molar-refractivity contribution in [2.45, 2.75) is 19.4 Å². The lowest BCUT2D eigenvalue weighted by Gasteiger charge is -2.23. The van der Waals surface area contributed by atoms with E-state index < -0.39 is 17.8 Å². The summed E-state index contributed by atoms with van der Waals surface area (Å²) in [4.78, 5) is 33.4. The summed E-state index contributed by atoms with van der Waals surface area (Å²) < 4.78 is 13.4. The van der Waals surface area contributed by atoms with E-state index in [9.17, 15) is 19.1 Å². The van der Waals surface area contributed by atoms with E-state index in [2.05, 4.69) is 20.6 Å². The zero-order valence-electron chi connectivity index (χ0n) is 13.9. The molecule has 2 aliphatic rings. The number of carboxylic acid groups (broad SMARTS) is 1. The summed E-state index contributed by atoms with van der Waals surface area (Å²) in [6.07, 6.45) is 1.97. The van der Waals surface area contributed by atoms with Gasteiger partial charge in [-0.3, -0.25) is 10.2 Å². The maximum atomic E-state index is 13.4. The van der Waals surface area contributed by atoms with Crippen LogP contribution in [0.15, 0.2) is 24.4 Å². The van der Waals surface area contributed by atoms with Crippen molar-refractivity contribution < 1.29 is 19.1 Å². The molecule has 0 aromatic carbocycles. The average molecular weight is 357 g/mol. The molecule has 2 atom stereocenters. The molecule has 3 heterocycles. The Morgan fingerprint density at radius 3 is 2.96 bits per heavy atom. The highest BCUT2D eigenvalue weighted by Gasteiger charge is 2.43. The van der Waals surface area contributed by atoms with Crippen LogP contribution in [-0.4, -0.2) is 39.7 Å². The van der Waals surface area contributed by atoms with Crippen LogP contribution in [-0.2, 0) is 0 Å². The Bertz CT molecular complexity index is 919. The van der Waals surface area contributed by atoms with Crippen LogP contribution in [0.3, 0.4) is 0 Å². The zero-order valence-corrected chi connectivity index (χ0v) is 13.9. The summed E-state index contributed by atoms with van der Waals surface area (Å²) in [5.41, 5.74) is 0.829. The van der Waals surface area contributed by atoms with E-state index in [1.807, 2.05) is 0 Å². The minimum absolute atomic E-state index is 0.144. The third-order valence-corrected chi connectivity index (χ3v) is 4.56. The predicted octanol–water partition coefficient (Wildman–Crippen LogP) is 2.47. The predicted molar refractivity (Wildman–Crippen MR) is 92.0 cm³/mol. The molecule has 3 N–H and O–H groups in total. The first-order valence-corrected chi connectivity index (χ1v) is 8.14. The smallest absolute Gasteiger partial charge is 0.354 e. The molecule has 0 radical (unpaired) electrons. The molecule has 134 valence electrons. The van der Waals surface area contributed by atoms with Crippen molar-refractivity contribution in [2.24, 2.45) is 5.92 Å². The van der Waals surface area contributed by atoms with Crippen molar-refractivity contribution in [2.75, 3.05) is 22.1 Å². The molecule has 1 aliphatic carbocycles. The highest BCUT2D eigenvalue weighted by Crippen LogP contribution is 2.41. The van der Waals surface area contributed by atoms with Crippen molar-refractivity contribution in [3.63, 3.8) is 0 Å². The first-order chi connectivity index (χ1) is 12.4. The number of pyridine rings is 2. The van der Waals surface area contributed by atoms with Gasteiger partial charge in [-0.15, -0.1) is 0 Å². The lowest BCUT2D eigenvalue weighted by molar-refractivity contribution is 0.0690. The van der Waals surface area contributed by atoms with E-state index >= 15 is 0 Å². The van der Waals surface area contributed by atoms with E-state index in [1.54, 1.807) is 13.0 Å². The third kappa shape index (κ3) is 2.92. The SMILES string of the molecule is Cc1cc(NC(=O)N2CC3CC3Nc3ccc(C(=O)O)nc32)ncc1F. The molecule has 0 spiro atoms. The van der Waals surface area contributed by atoms with Gasteiger partial charge in [0.1, 0.15) is 11.6 Å². The van der Waals surface area contributed by atoms with Crippen LogP contribution in [0.25, 0.3) is 0 Å². The van der Waals surface area contributed by atoms with Gasteiger partial charge in [0.15, 0.2) is 11.5 Å². The fourth-order valence-corrected chi connectivity index (χ4v) is 3.00. The Labute approximate surface area is 148 Å². The molecule has 9 heteroatoms. The Morgan fingerprint density at radius 1 is 1.42 bits per heavy atom. The van der Waals surface area contributed by atoms with Crippen LogP contribution >= 0.6 is 0 Å². The van der Waals surface area contributed by atoms with E-state index in [0.29, 0.717) is 17.8 Å². The van der Waals surface area contributed by atoms with Gasteiger partial charge in [-0.05, 0) is 43.0 Å². The molecule has 1 fully saturated rings. The molecule has 26 heavy (non-hydrogen) atoms. The monoisotopic (exact) mass is 357 g/mol. The topological polar surface area (TPSA) is 107 Å². The summed E-state index contributed by atoms with van der Waals surface area (Å²) >= 11 is 0. The van der Waals surface area contributed by atoms with Gasteiger partial charge in [0.05, 0.1) is 11.9 Å². The van der Waals surface area contributed by atoms with Crippen molar-refractivity contribution in [1.29, 1.82) is 0 Å². The van der Waals surface area contributed by atoms with Crippen molar-refractivity contribution in [3.05, 3.63) is 41.5 Å². The minimum atomic E-state index is -1.17. The number of halogens is 1. The number of fused-ring (bicyclic) bond motifs is 2. The molecule has 1 aliphatic heterocycles. The lowest BCUT2D eigenvalue weighted by atomic mass is 10.3. The fraction of sp³-hybridized carbons (Fsp3) is 0.294. The quantitative estimate of drug-likeness (QED) is 0.762. The normalized spacial score (nSPS) is 20.3. The van der Waals surface area contributed by atoms with Gasteiger partial charge in [-0.1, -0.05) is 0 Å². The number of rotatable bonds is 2. The largest absolute Gasteiger partial charge is 0.477 e. The average Bonchev–Trinajstić information content (AvgIpc) is 3.34. The second kappa shape index (κ2) is 5.94. The minimum Gasteiger partial charge on any atom is -0.477 e. The van der Waals surface area contributed by atoms with Crippen LogP contribution in [0.2, 0.25) is 0 Å². The number of aromatic nitrogens is 2. The Morgan fingerprint density at radius 2 is 2.23 bits per heavy atom. The van der Waals surface area contributed by atoms with E-state index in [0.717, 1.165) is 12.6 Å². The van der Waals surface area contributed by atoms with Gasteiger partial charge in [-0.2, -0.15) is 0 Å². The van der Waals surface area contributed by atoms with Gasteiger partial charge in [-0.25, -0.2) is 23.9 Å². The summed E-state index contributed by atoms with van der Waals surface area (Å²) in [7, 11) is 0. The highest BCUT2D eigenvalue weighted by molar-refractivity contribution is 6.03. The molecule has 1 saturated carbocycles. The molecule has 4 rings (SSSR count). The van der Waals surface area contributed by atoms with Crippen LogP contribution in [0.4, 0.5) is 26.5 Å². The Hall–Kier alpha value is -3.23. The third-order valence-electron chi connectivity index (χ3n) is 4.56. The summed E-state index contributed by atoms with van der Waals surface area (Å²) in [5.74, 6) is -0.881. The second-order valence-electron chi connectivity index (χ2n) is 6.48. The number of nitrogens with zero attached hydrogens (tertiary/aromatic N) is 3. The highest BCUT2D eigenvalue weighted by atomic mass is 19.1. The number of carbonyl (C=O) groups excluding carboxylic acids is 1. The van der Waals surface area contributed by atoms with E-state index in [-0.39, 0.29) is 29.3 Å². The van der Waals surface area contributed by atoms with Crippen LogP contribution in [0.5, 0.6) is 0 Å². The van der Waals surface area contributed by atoms with Gasteiger partial charge in [0.2, 0.25) is 0 Å². The maximum Gasteiger partial charge on any atom is 0.354 e. The number of hydrogen-bond donors (Lipinski definition) is 3. The lowest BCUT2D eigenvalue weighted by Crippen LogP contribution is -2.37. The summed E-state index contributed by atoms with van der Waals surface area (Å²) in [6, 6.07) is 4.21. The number of anilines is 3. The molecular formula is C17H16FN5O3. The van der Waals surface area contributed by atoms with Crippen molar-refractivity contribution in [1.82, 2.24) is 9.97 Å². The zero-order chi connectivity index (χ0) is 18.4. The molecule has 2 aromatic rings. The molecule has 2 unspecified atom stereocenters. The standard InChI is InChI=1S/C17H16FN5O3/c1-8-4-14(19-6-10(8)18)22-17(26)23-7-9-5-13(9)20-11-2-3-12(16(24)25)21-15(11)23/h2-4,6,9,13,20H,5,7H2,1H3,(H,24,25)(H,19,22,26). The van der Waals surface area contributed by atoms with Gasteiger partial charge in [0.25, 0.3) is 0 Å². The maximum absolute atomic E-state index is 13.4. The van der Waals surface area contributed by atoms with E-state index in [4.69, 9.17) is 0 Å². The van der Waals surface area contributed by atoms with Crippen molar-refractivity contribution in [3.8, 4) is 0 Å². The van der Waals surface area contributed by atoms with Gasteiger partial charge in [0, 0.05) is 12.6 Å². The number of carboxylic acids is 1. The van der Waals surface area contributed by atoms with Crippen LogP contribution in [0, 0.1) is 18.7 Å². The van der Waals surface area contributed by atoms with Crippen LogP contribution in [0.1, 0.15) is 22.5 Å². The van der Waals surface area contributed by atoms with E-state index in [1.165, 1.54) is 17.0 Å². The second-order valence-corrected chi connectivity index (χ2v) is 6.48. The summed E-state index contributed by atoms with van der Waals surface area (Å²) in [6.45, 7) is 1.99. The van der Waals surface area contributed by atoms with Gasteiger partial charge >= 0.3 is 12.0 Å². The Kier molecular flexibility index (Phi) is 3.71. The number of aryl methyl sites for hydroxylation is 1. The number of urea groups is 1. The molecule has 2 amide bonds. The molecular weight excluding hydrogens is 341 g/mol. The first-order valence-electron chi connectivity index (χ1n) is 8.14. The molecule has 0 saturated heterocycles. The molecule has 0 bridgehead atoms. The fourth-order valence-electron chi connectivity index (χ4n) is 3.00.